The van der Waals surface area contributed by atoms with Crippen LogP contribution in [0.25, 0.3) is 0 Å². The van der Waals surface area contributed by atoms with Gasteiger partial charge in [0, 0.05) is 4.92 Å². The second-order valence-electron chi connectivity index (χ2n) is 4.08. The number of esters is 1. The molecule has 0 heterocycles. The fourth-order valence-electron chi connectivity index (χ4n) is 1.79. The van der Waals surface area contributed by atoms with E-state index < -0.39 is 29.4 Å². The van der Waals surface area contributed by atoms with Gasteiger partial charge in [-0.2, -0.15) is 0 Å². The van der Waals surface area contributed by atoms with Crippen molar-refractivity contribution in [1.29, 1.82) is 0 Å². The predicted molar refractivity (Wildman–Crippen MR) is 65.8 cm³/mol. The molecule has 0 aliphatic heterocycles. The Morgan fingerprint density at radius 1 is 1.56 bits per heavy atom. The predicted octanol–water partition coefficient (Wildman–Crippen LogP) is 0.856. The van der Waals surface area contributed by atoms with Gasteiger partial charge in [-0.3, -0.25) is 14.9 Å². The van der Waals surface area contributed by atoms with Crippen LogP contribution in [0.15, 0.2) is 24.3 Å². The first-order valence-corrected chi connectivity index (χ1v) is 5.47. The molecule has 0 saturated carbocycles. The normalized spacial score (nSPS) is 13.7. The molecule has 1 aromatic carbocycles. The van der Waals surface area contributed by atoms with Crippen LogP contribution in [0.1, 0.15) is 17.0 Å². The average Bonchev–Trinajstić information content (AvgIpc) is 2.34. The summed E-state index contributed by atoms with van der Waals surface area (Å²) in [6.07, 6.45) is 0. The molecule has 1 rings (SSSR count). The number of rotatable bonds is 5. The van der Waals surface area contributed by atoms with Gasteiger partial charge in [-0.05, 0) is 12.5 Å². The van der Waals surface area contributed by atoms with Crippen LogP contribution in [0.2, 0.25) is 0 Å². The Kier molecular flexibility index (Phi) is 4.79. The molecular weight excluding hydrogens is 236 g/mol. The van der Waals surface area contributed by atoms with Gasteiger partial charge in [0.25, 0.3) is 0 Å². The zero-order valence-corrected chi connectivity index (χ0v) is 10.3. The van der Waals surface area contributed by atoms with Gasteiger partial charge in [0.2, 0.25) is 6.54 Å². The lowest BCUT2D eigenvalue weighted by Gasteiger charge is -2.19. The van der Waals surface area contributed by atoms with E-state index in [1.54, 1.807) is 18.2 Å². The van der Waals surface area contributed by atoms with E-state index in [9.17, 15) is 14.9 Å². The molecule has 98 valence electrons. The number of carbonyl (C=O) groups excluding carboxylic acids is 1. The largest absolute Gasteiger partial charge is 0.468 e. The summed E-state index contributed by atoms with van der Waals surface area (Å²) in [4.78, 5) is 21.6. The van der Waals surface area contributed by atoms with Crippen molar-refractivity contribution in [3.8, 4) is 0 Å². The highest BCUT2D eigenvalue weighted by Crippen LogP contribution is 2.21. The number of nitrogens with zero attached hydrogens (tertiary/aromatic N) is 1. The molecule has 0 bridgehead atoms. The smallest absolute Gasteiger partial charge is 0.323 e. The van der Waals surface area contributed by atoms with Crippen LogP contribution in [0.3, 0.4) is 0 Å². The molecule has 0 aromatic heterocycles. The van der Waals surface area contributed by atoms with E-state index in [4.69, 9.17) is 5.73 Å². The first kappa shape index (κ1) is 14.1. The minimum Gasteiger partial charge on any atom is -0.468 e. The Labute approximate surface area is 105 Å². The van der Waals surface area contributed by atoms with Gasteiger partial charge in [-0.15, -0.1) is 0 Å². The van der Waals surface area contributed by atoms with Crippen molar-refractivity contribution < 1.29 is 14.5 Å². The Morgan fingerprint density at radius 2 is 2.22 bits per heavy atom. The minimum absolute atomic E-state index is 0.403. The average molecular weight is 252 g/mol. The third kappa shape index (κ3) is 3.53. The summed E-state index contributed by atoms with van der Waals surface area (Å²) < 4.78 is 4.54. The Hall–Kier alpha value is -1.95. The molecule has 0 fully saturated rings. The molecule has 0 saturated heterocycles. The number of methoxy groups -OCH3 is 1. The van der Waals surface area contributed by atoms with Crippen LogP contribution < -0.4 is 5.73 Å². The molecule has 2 atom stereocenters. The molecule has 18 heavy (non-hydrogen) atoms. The van der Waals surface area contributed by atoms with E-state index in [1.807, 2.05) is 13.0 Å². The topological polar surface area (TPSA) is 95.5 Å². The molecule has 0 aliphatic carbocycles. The van der Waals surface area contributed by atoms with Crippen LogP contribution >= 0.6 is 0 Å². The van der Waals surface area contributed by atoms with Gasteiger partial charge in [0.15, 0.2) is 0 Å². The molecule has 6 heteroatoms. The number of ether oxygens (including phenoxy) is 1. The van der Waals surface area contributed by atoms with Gasteiger partial charge in [0.1, 0.15) is 6.04 Å². The highest BCUT2D eigenvalue weighted by molar-refractivity contribution is 5.76. The first-order valence-electron chi connectivity index (χ1n) is 5.47. The second kappa shape index (κ2) is 6.11. The highest BCUT2D eigenvalue weighted by atomic mass is 16.6. The number of hydrogen-bond acceptors (Lipinski definition) is 5. The second-order valence-corrected chi connectivity index (χ2v) is 4.08. The van der Waals surface area contributed by atoms with Crippen molar-refractivity contribution in [2.75, 3.05) is 13.7 Å². The van der Waals surface area contributed by atoms with Crippen molar-refractivity contribution >= 4 is 5.97 Å². The van der Waals surface area contributed by atoms with Crippen molar-refractivity contribution in [2.45, 2.75) is 18.9 Å². The van der Waals surface area contributed by atoms with E-state index in [0.29, 0.717) is 5.56 Å². The first-order chi connectivity index (χ1) is 8.45. The lowest BCUT2D eigenvalue weighted by Crippen LogP contribution is -2.40. The van der Waals surface area contributed by atoms with Gasteiger partial charge >= 0.3 is 5.97 Å². The lowest BCUT2D eigenvalue weighted by atomic mass is 9.91. The van der Waals surface area contributed by atoms with Crippen LogP contribution in [-0.4, -0.2) is 30.6 Å². The van der Waals surface area contributed by atoms with E-state index in [0.717, 1.165) is 5.56 Å². The summed E-state index contributed by atoms with van der Waals surface area (Å²) >= 11 is 0. The standard InChI is InChI=1S/C12H16N2O4/c1-8-4-3-5-9(6-8)10(7-14(16)17)11(13)12(15)18-2/h3-6,10-11H,7,13H2,1-2H3/t10-,11-/m1/s1. The molecule has 0 amide bonds. The molecular formula is C12H16N2O4. The molecule has 0 radical (unpaired) electrons. The maximum absolute atomic E-state index is 11.4. The molecule has 0 unspecified atom stereocenters. The fourth-order valence-corrected chi connectivity index (χ4v) is 1.79. The maximum atomic E-state index is 11.4. The summed E-state index contributed by atoms with van der Waals surface area (Å²) in [6.45, 7) is 1.47. The summed E-state index contributed by atoms with van der Waals surface area (Å²) in [5, 5.41) is 10.7. The monoisotopic (exact) mass is 252 g/mol. The van der Waals surface area contributed by atoms with Crippen molar-refractivity contribution in [3.05, 3.63) is 45.5 Å². The van der Waals surface area contributed by atoms with Gasteiger partial charge in [0.05, 0.1) is 13.0 Å². The fraction of sp³-hybridized carbons (Fsp3) is 0.417. The van der Waals surface area contributed by atoms with Crippen LogP contribution in [0, 0.1) is 17.0 Å². The minimum atomic E-state index is -1.04. The molecule has 0 aliphatic rings. The van der Waals surface area contributed by atoms with E-state index in [-0.39, 0.29) is 0 Å². The maximum Gasteiger partial charge on any atom is 0.323 e. The van der Waals surface area contributed by atoms with Crippen molar-refractivity contribution in [3.63, 3.8) is 0 Å². The summed E-state index contributed by atoms with van der Waals surface area (Å²) in [7, 11) is 1.21. The number of benzene rings is 1. The quantitative estimate of drug-likeness (QED) is 0.476. The summed E-state index contributed by atoms with van der Waals surface area (Å²) in [5.41, 5.74) is 7.35. The van der Waals surface area contributed by atoms with Crippen LogP contribution in [-0.2, 0) is 9.53 Å². The number of hydrogen-bond donors (Lipinski definition) is 1. The molecule has 6 nitrogen and oxygen atoms in total. The molecule has 0 spiro atoms. The van der Waals surface area contributed by atoms with E-state index in [1.165, 1.54) is 7.11 Å². The number of nitro groups is 1. The molecule has 1 aromatic rings. The highest BCUT2D eigenvalue weighted by Gasteiger charge is 2.31. The zero-order chi connectivity index (χ0) is 13.7. The number of carbonyl (C=O) groups is 1. The molecule has 2 N–H and O–H groups in total. The van der Waals surface area contributed by atoms with Gasteiger partial charge < -0.3 is 10.5 Å². The van der Waals surface area contributed by atoms with E-state index in [2.05, 4.69) is 4.74 Å². The van der Waals surface area contributed by atoms with E-state index >= 15 is 0 Å². The zero-order valence-electron chi connectivity index (χ0n) is 10.3. The summed E-state index contributed by atoms with van der Waals surface area (Å²) in [6, 6.07) is 6.13. The third-order valence-corrected chi connectivity index (χ3v) is 2.72. The van der Waals surface area contributed by atoms with Crippen LogP contribution in [0.4, 0.5) is 0 Å². The Bertz CT molecular complexity index is 447. The SMILES string of the molecule is COC(=O)[C@H](N)[C@H](C[N+](=O)[O-])c1cccc(C)c1. The van der Waals surface area contributed by atoms with Crippen LogP contribution in [0.5, 0.6) is 0 Å². The number of nitrogens with two attached hydrogens (primary N) is 1. The van der Waals surface area contributed by atoms with Gasteiger partial charge in [-0.25, -0.2) is 0 Å². The number of aryl methyl sites for hydroxylation is 1. The Morgan fingerprint density at radius 3 is 2.72 bits per heavy atom. The van der Waals surface area contributed by atoms with Crippen molar-refractivity contribution in [1.82, 2.24) is 0 Å². The van der Waals surface area contributed by atoms with Gasteiger partial charge in [-0.1, -0.05) is 29.8 Å². The Balaban J connectivity index is 3.04. The van der Waals surface area contributed by atoms with Crippen molar-refractivity contribution in [2.24, 2.45) is 5.73 Å². The summed E-state index contributed by atoms with van der Waals surface area (Å²) in [5.74, 6) is -1.34. The lowest BCUT2D eigenvalue weighted by molar-refractivity contribution is -0.483. The third-order valence-electron chi connectivity index (χ3n) is 2.72.